The van der Waals surface area contributed by atoms with Crippen LogP contribution in [-0.4, -0.2) is 33.1 Å². The summed E-state index contributed by atoms with van der Waals surface area (Å²) in [5.74, 6) is 1.61. The summed E-state index contributed by atoms with van der Waals surface area (Å²) in [7, 11) is 2.03. The minimum absolute atomic E-state index is 0.0414. The Kier molecular flexibility index (Phi) is 5.44. The van der Waals surface area contributed by atoms with E-state index in [1.807, 2.05) is 7.05 Å². The van der Waals surface area contributed by atoms with Crippen molar-refractivity contribution in [1.29, 1.82) is 0 Å². The predicted molar refractivity (Wildman–Crippen MR) is 86.8 cm³/mol. The minimum atomic E-state index is -0.434. The largest absolute Gasteiger partial charge is 0.338 e. The predicted octanol–water partition coefficient (Wildman–Crippen LogP) is 3.51. The Labute approximate surface area is 135 Å². The Morgan fingerprint density at radius 1 is 1.26 bits per heavy atom. The van der Waals surface area contributed by atoms with E-state index in [1.165, 1.54) is 12.1 Å². The first kappa shape index (κ1) is 17.1. The molecule has 2 rings (SSSR count). The number of hydrogen-bond acceptors (Lipinski definition) is 6. The van der Waals surface area contributed by atoms with Gasteiger partial charge in [-0.3, -0.25) is 15.0 Å². The molecule has 1 aromatic carbocycles. The first-order chi connectivity index (χ1) is 10.9. The van der Waals surface area contributed by atoms with E-state index in [1.54, 1.807) is 12.1 Å². The van der Waals surface area contributed by atoms with Crippen LogP contribution in [0, 0.1) is 16.0 Å². The first-order valence-electron chi connectivity index (χ1n) is 7.64. The molecule has 0 radical (unpaired) electrons. The monoisotopic (exact) mass is 318 g/mol. The van der Waals surface area contributed by atoms with Crippen LogP contribution in [0.3, 0.4) is 0 Å². The molecule has 0 amide bonds. The van der Waals surface area contributed by atoms with E-state index in [0.29, 0.717) is 35.8 Å². The quantitative estimate of drug-likeness (QED) is 0.573. The summed E-state index contributed by atoms with van der Waals surface area (Å²) in [6.07, 6.45) is 1.10. The molecule has 7 nitrogen and oxygen atoms in total. The summed E-state index contributed by atoms with van der Waals surface area (Å²) in [4.78, 5) is 16.8. The molecule has 0 unspecified atom stereocenters. The highest BCUT2D eigenvalue weighted by Gasteiger charge is 2.16. The topological polar surface area (TPSA) is 85.3 Å². The van der Waals surface area contributed by atoms with E-state index in [9.17, 15) is 10.1 Å². The second-order valence-electron chi connectivity index (χ2n) is 6.21. The van der Waals surface area contributed by atoms with Gasteiger partial charge in [0.2, 0.25) is 11.7 Å². The number of nitro groups is 1. The van der Waals surface area contributed by atoms with Gasteiger partial charge in [-0.1, -0.05) is 19.0 Å². The zero-order chi connectivity index (χ0) is 17.0. The van der Waals surface area contributed by atoms with Gasteiger partial charge in [0.1, 0.15) is 0 Å². The molecule has 0 saturated carbocycles. The Bertz CT molecular complexity index is 652. The molecule has 0 spiro atoms. The smallest absolute Gasteiger partial charge is 0.269 e. The zero-order valence-electron chi connectivity index (χ0n) is 13.9. The van der Waals surface area contributed by atoms with Crippen molar-refractivity contribution in [1.82, 2.24) is 15.0 Å². The summed E-state index contributed by atoms with van der Waals surface area (Å²) >= 11 is 0. The van der Waals surface area contributed by atoms with Crippen molar-refractivity contribution in [2.24, 2.45) is 5.92 Å². The molecule has 1 aromatic heterocycles. The maximum Gasteiger partial charge on any atom is 0.269 e. The van der Waals surface area contributed by atoms with Crippen molar-refractivity contribution < 1.29 is 9.45 Å². The molecule has 0 aliphatic rings. The molecule has 0 N–H and O–H groups in total. The highest BCUT2D eigenvalue weighted by atomic mass is 16.6. The molecular formula is C16H22N4O3. The fourth-order valence-corrected chi connectivity index (χ4v) is 2.40. The van der Waals surface area contributed by atoms with E-state index >= 15 is 0 Å². The molecule has 0 aliphatic heterocycles. The Morgan fingerprint density at radius 3 is 2.48 bits per heavy atom. The zero-order valence-corrected chi connectivity index (χ0v) is 13.9. The van der Waals surface area contributed by atoms with Crippen LogP contribution in [0.2, 0.25) is 0 Å². The van der Waals surface area contributed by atoms with E-state index in [0.717, 1.165) is 6.42 Å². The molecule has 0 aliphatic carbocycles. The summed E-state index contributed by atoms with van der Waals surface area (Å²) in [6.45, 7) is 7.15. The van der Waals surface area contributed by atoms with Gasteiger partial charge in [0.15, 0.2) is 0 Å². The lowest BCUT2D eigenvalue weighted by Gasteiger charge is -2.24. The maximum absolute atomic E-state index is 10.7. The second kappa shape index (κ2) is 7.32. The Morgan fingerprint density at radius 2 is 1.91 bits per heavy atom. The average Bonchev–Trinajstić information content (AvgIpc) is 2.95. The molecule has 1 heterocycles. The van der Waals surface area contributed by atoms with Crippen LogP contribution in [0.25, 0.3) is 11.4 Å². The van der Waals surface area contributed by atoms with Crippen LogP contribution < -0.4 is 0 Å². The van der Waals surface area contributed by atoms with Gasteiger partial charge in [-0.25, -0.2) is 0 Å². The molecule has 7 heteroatoms. The van der Waals surface area contributed by atoms with Gasteiger partial charge in [0, 0.05) is 23.7 Å². The molecule has 0 fully saturated rings. The van der Waals surface area contributed by atoms with Gasteiger partial charge in [0.25, 0.3) is 5.69 Å². The maximum atomic E-state index is 10.7. The van der Waals surface area contributed by atoms with Gasteiger partial charge in [0.05, 0.1) is 11.5 Å². The summed E-state index contributed by atoms with van der Waals surface area (Å²) in [5.41, 5.74) is 0.739. The fraction of sp³-hybridized carbons (Fsp3) is 0.500. The number of nitro benzene ring substituents is 1. The van der Waals surface area contributed by atoms with E-state index in [2.05, 4.69) is 35.8 Å². The van der Waals surface area contributed by atoms with Crippen molar-refractivity contribution in [2.45, 2.75) is 39.8 Å². The van der Waals surface area contributed by atoms with Crippen LogP contribution in [0.15, 0.2) is 28.8 Å². The molecule has 0 bridgehead atoms. The van der Waals surface area contributed by atoms with Gasteiger partial charge >= 0.3 is 0 Å². The third kappa shape index (κ3) is 4.59. The summed E-state index contributed by atoms with van der Waals surface area (Å²) in [5, 5.41) is 14.6. The standard InChI is InChI=1S/C16H22N4O3/c1-11(2)9-12(3)19(4)10-15-17-16(18-23-15)13-5-7-14(8-6-13)20(21)22/h5-8,11-12H,9-10H2,1-4H3/t12-/m1/s1. The lowest BCUT2D eigenvalue weighted by molar-refractivity contribution is -0.384. The van der Waals surface area contributed by atoms with Crippen molar-refractivity contribution in [2.75, 3.05) is 7.05 Å². The number of aromatic nitrogens is 2. The van der Waals surface area contributed by atoms with E-state index in [4.69, 9.17) is 4.52 Å². The third-order valence-corrected chi connectivity index (χ3v) is 3.75. The lowest BCUT2D eigenvalue weighted by atomic mass is 10.0. The summed E-state index contributed by atoms with van der Waals surface area (Å²) in [6, 6.07) is 6.53. The highest BCUT2D eigenvalue weighted by molar-refractivity contribution is 5.56. The average molecular weight is 318 g/mol. The van der Waals surface area contributed by atoms with Crippen molar-refractivity contribution in [3.05, 3.63) is 40.3 Å². The van der Waals surface area contributed by atoms with Crippen LogP contribution in [0.4, 0.5) is 5.69 Å². The molecule has 124 valence electrons. The normalized spacial score (nSPS) is 12.8. The van der Waals surface area contributed by atoms with Crippen LogP contribution >= 0.6 is 0 Å². The molecule has 23 heavy (non-hydrogen) atoms. The first-order valence-corrected chi connectivity index (χ1v) is 7.64. The minimum Gasteiger partial charge on any atom is -0.338 e. The van der Waals surface area contributed by atoms with Crippen LogP contribution in [0.1, 0.15) is 33.1 Å². The van der Waals surface area contributed by atoms with Crippen LogP contribution in [-0.2, 0) is 6.54 Å². The number of hydrogen-bond donors (Lipinski definition) is 0. The number of rotatable bonds is 7. The third-order valence-electron chi connectivity index (χ3n) is 3.75. The number of non-ortho nitro benzene ring substituents is 1. The number of benzene rings is 1. The fourth-order valence-electron chi connectivity index (χ4n) is 2.40. The van der Waals surface area contributed by atoms with Crippen LogP contribution in [0.5, 0.6) is 0 Å². The second-order valence-corrected chi connectivity index (χ2v) is 6.21. The Hall–Kier alpha value is -2.28. The van der Waals surface area contributed by atoms with Crippen molar-refractivity contribution >= 4 is 5.69 Å². The van der Waals surface area contributed by atoms with Gasteiger partial charge < -0.3 is 4.52 Å². The lowest BCUT2D eigenvalue weighted by Crippen LogP contribution is -2.29. The van der Waals surface area contributed by atoms with Gasteiger partial charge in [-0.05, 0) is 38.4 Å². The molecular weight excluding hydrogens is 296 g/mol. The number of nitrogens with zero attached hydrogens (tertiary/aromatic N) is 4. The molecule has 2 aromatic rings. The molecule has 0 saturated heterocycles. The SMILES string of the molecule is CC(C)C[C@@H](C)N(C)Cc1nc(-c2ccc([N+](=O)[O-])cc2)no1. The highest BCUT2D eigenvalue weighted by Crippen LogP contribution is 2.20. The van der Waals surface area contributed by atoms with E-state index < -0.39 is 4.92 Å². The van der Waals surface area contributed by atoms with Gasteiger partial charge in [-0.15, -0.1) is 0 Å². The Balaban J connectivity index is 2.04. The molecule has 1 atom stereocenters. The summed E-state index contributed by atoms with van der Waals surface area (Å²) < 4.78 is 5.29. The van der Waals surface area contributed by atoms with Gasteiger partial charge in [-0.2, -0.15) is 4.98 Å². The van der Waals surface area contributed by atoms with E-state index in [-0.39, 0.29) is 5.69 Å². The van der Waals surface area contributed by atoms with Crippen molar-refractivity contribution in [3.63, 3.8) is 0 Å². The van der Waals surface area contributed by atoms with Crippen molar-refractivity contribution in [3.8, 4) is 11.4 Å².